The number of benzene rings is 3. The molecule has 0 saturated heterocycles. The van der Waals surface area contributed by atoms with E-state index in [4.69, 9.17) is 23.1 Å². The number of primary amides is 1. The molecule has 1 aromatic heterocycles. The van der Waals surface area contributed by atoms with Crippen molar-refractivity contribution in [1.29, 1.82) is 0 Å². The predicted octanol–water partition coefficient (Wildman–Crippen LogP) is -7.37. The number of nitrogens with one attached hydrogen (secondary N) is 2. The monoisotopic (exact) mass is 707 g/mol. The molecule has 0 aliphatic heterocycles. The summed E-state index contributed by atoms with van der Waals surface area (Å²) in [5.74, 6) is -0.294. The van der Waals surface area contributed by atoms with Crippen LogP contribution in [0, 0.1) is 0 Å². The second-order valence-electron chi connectivity index (χ2n) is 8.16. The molecule has 0 unspecified atom stereocenters. The second-order valence-corrected chi connectivity index (χ2v) is 12.6. The topological polar surface area (TPSA) is 328 Å². The van der Waals surface area contributed by atoms with Crippen molar-refractivity contribution in [3.05, 3.63) is 47.7 Å². The van der Waals surface area contributed by atoms with Gasteiger partial charge in [-0.3, -0.25) is 0 Å². The molecule has 19 nitrogen and oxygen atoms in total. The Bertz CT molecular complexity index is 2180. The molecule has 0 aliphatic rings. The summed E-state index contributed by atoms with van der Waals surface area (Å²) in [5, 5.41) is 11.1. The molecule has 0 aliphatic carbocycles. The normalized spacial score (nSPS) is 11.7. The molecule has 3 aromatic carbocycles. The van der Waals surface area contributed by atoms with Crippen LogP contribution in [0.3, 0.4) is 0 Å². The van der Waals surface area contributed by atoms with Gasteiger partial charge < -0.3 is 35.8 Å². The predicted molar refractivity (Wildman–Crippen MR) is 144 cm³/mol. The molecule has 0 fully saturated rings. The van der Waals surface area contributed by atoms with E-state index < -0.39 is 67.5 Å². The van der Waals surface area contributed by atoms with Crippen LogP contribution in [0.5, 0.6) is 0 Å². The van der Waals surface area contributed by atoms with E-state index in [1.54, 1.807) is 0 Å². The number of carbonyl (C=O) groups is 1. The maximum Gasteiger partial charge on any atom is 1.00 e. The number of urea groups is 1. The number of aromatic nitrogens is 3. The minimum absolute atomic E-state index is 0. The van der Waals surface area contributed by atoms with Crippen LogP contribution in [0.4, 0.5) is 39.4 Å². The summed E-state index contributed by atoms with van der Waals surface area (Å²) < 4.78 is 106. The summed E-state index contributed by atoms with van der Waals surface area (Å²) in [5.41, 5.74) is 9.84. The summed E-state index contributed by atoms with van der Waals surface area (Å²) >= 11 is 5.75. The van der Waals surface area contributed by atoms with Crippen LogP contribution in [-0.2, 0) is 30.4 Å². The first kappa shape index (κ1) is 41.6. The number of halogens is 1. The number of nitrogens with two attached hydrogens (primary N) is 2. The standard InChI is InChI=1S/C20H16ClN9O10S3.2Li.Na/c21-17-26-18(22)28-20(27-17)24-9-1-2-12(13(5-9)25-19(23)31)29-30-14-7-11-8(4-16(14)43(38,39)40)3-10(41(32,33)34)6-15(11)42(35,36)37;;;/h1-7H,(H3,23,25,31)(H,32,33,34)(H,35,36,37)(H,38,39,40)(H3,22,24,26,27,28);;;/q;3*+1/p-3. The molecule has 4 rings (SSSR count). The molecule has 46 heavy (non-hydrogen) atoms. The van der Waals surface area contributed by atoms with Crippen molar-refractivity contribution in [2.24, 2.45) is 16.0 Å². The number of rotatable bonds is 8. The molecule has 0 atom stereocenters. The number of nitrogens with zero attached hydrogens (tertiary/aromatic N) is 5. The average Bonchev–Trinajstić information content (AvgIpc) is 2.84. The van der Waals surface area contributed by atoms with Gasteiger partial charge in [-0.1, -0.05) is 0 Å². The fourth-order valence-corrected chi connectivity index (χ4v) is 5.66. The second kappa shape index (κ2) is 15.7. The quantitative estimate of drug-likeness (QED) is 0.0751. The molecule has 0 spiro atoms. The van der Waals surface area contributed by atoms with Crippen LogP contribution in [-0.4, -0.2) is 59.9 Å². The van der Waals surface area contributed by atoms with Gasteiger partial charge in [-0.15, -0.1) is 10.2 Å². The molecule has 4 aromatic rings. The number of fused-ring (bicyclic) bond motifs is 1. The number of hydrogen-bond acceptors (Lipinski definition) is 17. The fourth-order valence-electron chi connectivity index (χ4n) is 3.54. The third-order valence-electron chi connectivity index (χ3n) is 5.20. The van der Waals surface area contributed by atoms with Crippen LogP contribution in [0.15, 0.2) is 67.4 Å². The molecule has 0 saturated carbocycles. The van der Waals surface area contributed by atoms with Gasteiger partial charge in [0, 0.05) is 11.1 Å². The Labute approximate surface area is 311 Å². The number of azo groups is 1. The molecule has 26 heteroatoms. The minimum atomic E-state index is -5.45. The van der Waals surface area contributed by atoms with Gasteiger partial charge in [0.1, 0.15) is 41.7 Å². The SMILES string of the molecule is NC(=O)Nc1cc(Nc2nc(N)nc(Cl)n2)ccc1N=Nc1cc2c(S(=O)(=O)[O-])cc(S(=O)(=O)[O-])cc2cc1S(=O)(=O)[O-].[Li+].[Li+].[Na+]. The minimum Gasteiger partial charge on any atom is -0.744 e. The molecule has 6 N–H and O–H groups in total. The summed E-state index contributed by atoms with van der Waals surface area (Å²) in [6.45, 7) is 0. The Morgan fingerprint density at radius 1 is 0.804 bits per heavy atom. The van der Waals surface area contributed by atoms with E-state index in [2.05, 4.69) is 35.8 Å². The molecular formula is C20H13ClLi2N9NaO10S3. The number of carbonyl (C=O) groups excluding carboxylic acids is 1. The molecule has 2 amide bonds. The zero-order valence-corrected chi connectivity index (χ0v) is 28.8. The third-order valence-corrected chi connectivity index (χ3v) is 7.92. The Hall–Kier alpha value is -2.39. The summed E-state index contributed by atoms with van der Waals surface area (Å²) in [7, 11) is -16.2. The summed E-state index contributed by atoms with van der Waals surface area (Å²) in [4.78, 5) is 19.3. The number of hydrogen-bond donors (Lipinski definition) is 4. The van der Waals surface area contributed by atoms with E-state index in [0.29, 0.717) is 18.2 Å². The maximum absolute atomic E-state index is 12.0. The zero-order valence-electron chi connectivity index (χ0n) is 23.6. The van der Waals surface area contributed by atoms with Crippen LogP contribution >= 0.6 is 11.6 Å². The van der Waals surface area contributed by atoms with E-state index in [1.165, 1.54) is 18.2 Å². The molecular weight excluding hydrogens is 695 g/mol. The van der Waals surface area contributed by atoms with Gasteiger partial charge in [-0.2, -0.15) is 15.0 Å². The molecule has 226 valence electrons. The molecule has 0 radical (unpaired) electrons. The van der Waals surface area contributed by atoms with Crippen molar-refractivity contribution in [1.82, 2.24) is 15.0 Å². The van der Waals surface area contributed by atoms with Crippen LogP contribution < -0.4 is 89.4 Å². The number of nitrogen functional groups attached to an aromatic ring is 1. The number of anilines is 4. The van der Waals surface area contributed by atoms with Gasteiger partial charge in [0.05, 0.1) is 20.4 Å². The van der Waals surface area contributed by atoms with Crippen molar-refractivity contribution >= 4 is 93.4 Å². The van der Waals surface area contributed by atoms with E-state index >= 15 is 0 Å². The first-order valence-electron chi connectivity index (χ1n) is 10.9. The van der Waals surface area contributed by atoms with Crippen molar-refractivity contribution in [2.45, 2.75) is 14.7 Å². The van der Waals surface area contributed by atoms with E-state index in [1.807, 2.05) is 0 Å². The van der Waals surface area contributed by atoms with Gasteiger partial charge in [-0.05, 0) is 59.5 Å². The fraction of sp³-hybridized carbons (Fsp3) is 0. The Morgan fingerprint density at radius 2 is 1.41 bits per heavy atom. The Morgan fingerprint density at radius 3 is 1.96 bits per heavy atom. The first-order chi connectivity index (χ1) is 19.8. The van der Waals surface area contributed by atoms with E-state index in [9.17, 15) is 43.7 Å². The van der Waals surface area contributed by atoms with Gasteiger partial charge >= 0.3 is 73.3 Å². The smallest absolute Gasteiger partial charge is 0.744 e. The molecule has 0 bridgehead atoms. The summed E-state index contributed by atoms with van der Waals surface area (Å²) in [6, 6.07) is 4.83. The van der Waals surface area contributed by atoms with Gasteiger partial charge in [0.25, 0.3) is 0 Å². The first-order valence-corrected chi connectivity index (χ1v) is 15.5. The van der Waals surface area contributed by atoms with Crippen molar-refractivity contribution in [3.63, 3.8) is 0 Å². The van der Waals surface area contributed by atoms with Crippen LogP contribution in [0.1, 0.15) is 0 Å². The largest absolute Gasteiger partial charge is 1.00 e. The average molecular weight is 708 g/mol. The molecule has 1 heterocycles. The van der Waals surface area contributed by atoms with E-state index in [-0.39, 0.29) is 108 Å². The Kier molecular flexibility index (Phi) is 14.2. The van der Waals surface area contributed by atoms with Gasteiger partial charge in [-0.25, -0.2) is 30.0 Å². The van der Waals surface area contributed by atoms with Gasteiger partial charge in [0.2, 0.25) is 17.2 Å². The number of amides is 2. The summed E-state index contributed by atoms with van der Waals surface area (Å²) in [6.07, 6.45) is 0. The van der Waals surface area contributed by atoms with Crippen LogP contribution in [0.2, 0.25) is 5.28 Å². The third kappa shape index (κ3) is 10.3. The van der Waals surface area contributed by atoms with Crippen molar-refractivity contribution in [3.8, 4) is 0 Å². The Balaban J connectivity index is 0.00000353. The zero-order chi connectivity index (χ0) is 31.9. The van der Waals surface area contributed by atoms with Gasteiger partial charge in [0.15, 0.2) is 0 Å². The van der Waals surface area contributed by atoms with Crippen molar-refractivity contribution < 1.29 is 111 Å². The maximum atomic E-state index is 12.0. The van der Waals surface area contributed by atoms with Crippen LogP contribution in [0.25, 0.3) is 10.8 Å². The van der Waals surface area contributed by atoms with Crippen molar-refractivity contribution in [2.75, 3.05) is 16.4 Å². The van der Waals surface area contributed by atoms with E-state index in [0.717, 1.165) is 0 Å².